The zero-order valence-electron chi connectivity index (χ0n) is 9.59. The number of thiocarbonyl (C=S) groups is 1. The number of benzene rings is 1. The number of nitrogens with one attached hydrogen (secondary N) is 2. The van der Waals surface area contributed by atoms with E-state index in [0.717, 1.165) is 23.0 Å². The van der Waals surface area contributed by atoms with Gasteiger partial charge in [0.15, 0.2) is 5.11 Å². The minimum Gasteiger partial charge on any atom is -0.360 e. The van der Waals surface area contributed by atoms with Gasteiger partial charge in [-0.3, -0.25) is 0 Å². The molecule has 0 aliphatic heterocycles. The van der Waals surface area contributed by atoms with Gasteiger partial charge in [0.2, 0.25) is 0 Å². The van der Waals surface area contributed by atoms with E-state index in [0.29, 0.717) is 11.2 Å². The van der Waals surface area contributed by atoms with E-state index in [2.05, 4.69) is 40.4 Å². The second-order valence-electron chi connectivity index (χ2n) is 3.80. The summed E-state index contributed by atoms with van der Waals surface area (Å²) in [5, 5.41) is 7.10. The Morgan fingerprint density at radius 3 is 2.88 bits per heavy atom. The highest BCUT2D eigenvalue weighted by Gasteiger charge is 2.03. The molecule has 0 radical (unpaired) electrons. The Balaban J connectivity index is 2.45. The van der Waals surface area contributed by atoms with Crippen LogP contribution in [0.4, 0.5) is 5.69 Å². The minimum atomic E-state index is 0.414. The van der Waals surface area contributed by atoms with E-state index < -0.39 is 0 Å². The highest BCUT2D eigenvalue weighted by Crippen LogP contribution is 2.15. The predicted octanol–water partition coefficient (Wildman–Crippen LogP) is 3.92. The number of hydrogen-bond donors (Lipinski definition) is 2. The SMILES string of the molecule is CCC[C@@H](C)NC(=S)Nc1cccc(Br)c1. The third-order valence-electron chi connectivity index (χ3n) is 2.18. The van der Waals surface area contributed by atoms with Crippen LogP contribution in [0.25, 0.3) is 0 Å². The molecule has 0 fully saturated rings. The van der Waals surface area contributed by atoms with Crippen molar-refractivity contribution in [2.45, 2.75) is 32.7 Å². The van der Waals surface area contributed by atoms with Crippen molar-refractivity contribution in [2.24, 2.45) is 0 Å². The first-order valence-electron chi connectivity index (χ1n) is 5.45. The molecule has 2 N–H and O–H groups in total. The molecule has 1 rings (SSSR count). The van der Waals surface area contributed by atoms with Crippen LogP contribution < -0.4 is 10.6 Å². The highest BCUT2D eigenvalue weighted by molar-refractivity contribution is 9.10. The van der Waals surface area contributed by atoms with E-state index in [9.17, 15) is 0 Å². The summed E-state index contributed by atoms with van der Waals surface area (Å²) >= 11 is 8.66. The Kier molecular flexibility index (Phi) is 5.77. The standard InChI is InChI=1S/C12H17BrN2S/c1-3-5-9(2)14-12(16)15-11-7-4-6-10(13)8-11/h4,6-9H,3,5H2,1-2H3,(H2,14,15,16)/t9-/m1/s1. The van der Waals surface area contributed by atoms with Crippen molar-refractivity contribution in [1.82, 2.24) is 5.32 Å². The van der Waals surface area contributed by atoms with Crippen molar-refractivity contribution >= 4 is 38.9 Å². The average molecular weight is 301 g/mol. The van der Waals surface area contributed by atoms with E-state index in [1.807, 2.05) is 24.3 Å². The second kappa shape index (κ2) is 6.86. The first-order chi connectivity index (χ1) is 7.61. The molecule has 0 aliphatic carbocycles. The summed E-state index contributed by atoms with van der Waals surface area (Å²) in [5.41, 5.74) is 0.996. The lowest BCUT2D eigenvalue weighted by molar-refractivity contribution is 0.599. The van der Waals surface area contributed by atoms with Gasteiger partial charge in [-0.25, -0.2) is 0 Å². The molecule has 0 saturated heterocycles. The van der Waals surface area contributed by atoms with Crippen molar-refractivity contribution in [3.8, 4) is 0 Å². The molecule has 0 amide bonds. The zero-order chi connectivity index (χ0) is 12.0. The van der Waals surface area contributed by atoms with Gasteiger partial charge in [-0.2, -0.15) is 0 Å². The first-order valence-corrected chi connectivity index (χ1v) is 6.65. The van der Waals surface area contributed by atoms with Gasteiger partial charge in [0.25, 0.3) is 0 Å². The van der Waals surface area contributed by atoms with Gasteiger partial charge in [-0.15, -0.1) is 0 Å². The lowest BCUT2D eigenvalue weighted by atomic mass is 10.2. The molecule has 4 heteroatoms. The van der Waals surface area contributed by atoms with E-state index in [4.69, 9.17) is 12.2 Å². The maximum absolute atomic E-state index is 5.23. The first kappa shape index (κ1) is 13.5. The normalized spacial score (nSPS) is 11.9. The van der Waals surface area contributed by atoms with Crippen LogP contribution in [0.2, 0.25) is 0 Å². The Morgan fingerprint density at radius 2 is 2.25 bits per heavy atom. The molecule has 0 aromatic heterocycles. The summed E-state index contributed by atoms with van der Waals surface area (Å²) in [7, 11) is 0. The molecule has 0 aliphatic rings. The summed E-state index contributed by atoms with van der Waals surface area (Å²) in [6.07, 6.45) is 2.29. The molecule has 1 atom stereocenters. The molecule has 0 unspecified atom stereocenters. The Morgan fingerprint density at radius 1 is 1.50 bits per heavy atom. The highest BCUT2D eigenvalue weighted by atomic mass is 79.9. The topological polar surface area (TPSA) is 24.1 Å². The lowest BCUT2D eigenvalue weighted by Gasteiger charge is -2.16. The molecular formula is C12H17BrN2S. The van der Waals surface area contributed by atoms with Crippen molar-refractivity contribution in [3.05, 3.63) is 28.7 Å². The molecular weight excluding hydrogens is 284 g/mol. The average Bonchev–Trinajstić information content (AvgIpc) is 2.17. The fraction of sp³-hybridized carbons (Fsp3) is 0.417. The summed E-state index contributed by atoms with van der Waals surface area (Å²) in [4.78, 5) is 0. The summed E-state index contributed by atoms with van der Waals surface area (Å²) < 4.78 is 1.04. The lowest BCUT2D eigenvalue weighted by Crippen LogP contribution is -2.35. The zero-order valence-corrected chi connectivity index (χ0v) is 12.0. The number of hydrogen-bond acceptors (Lipinski definition) is 1. The maximum Gasteiger partial charge on any atom is 0.170 e. The third kappa shape index (κ3) is 4.94. The fourth-order valence-electron chi connectivity index (χ4n) is 1.46. The van der Waals surface area contributed by atoms with Gasteiger partial charge < -0.3 is 10.6 Å². The molecule has 0 heterocycles. The van der Waals surface area contributed by atoms with Crippen LogP contribution in [-0.2, 0) is 0 Å². The molecule has 1 aromatic rings. The van der Waals surface area contributed by atoms with E-state index in [1.165, 1.54) is 0 Å². The second-order valence-corrected chi connectivity index (χ2v) is 5.12. The van der Waals surface area contributed by atoms with E-state index in [1.54, 1.807) is 0 Å². The summed E-state index contributed by atoms with van der Waals surface area (Å²) in [6.45, 7) is 4.31. The van der Waals surface area contributed by atoms with Gasteiger partial charge in [0.05, 0.1) is 0 Å². The fourth-order valence-corrected chi connectivity index (χ4v) is 2.18. The van der Waals surface area contributed by atoms with E-state index >= 15 is 0 Å². The summed E-state index contributed by atoms with van der Waals surface area (Å²) in [6, 6.07) is 8.37. The van der Waals surface area contributed by atoms with Gasteiger partial charge in [-0.05, 0) is 43.8 Å². The molecule has 2 nitrogen and oxygen atoms in total. The van der Waals surface area contributed by atoms with E-state index in [-0.39, 0.29) is 0 Å². The molecule has 88 valence electrons. The van der Waals surface area contributed by atoms with Gasteiger partial charge in [-0.1, -0.05) is 35.3 Å². The molecule has 0 bridgehead atoms. The van der Waals surface area contributed by atoms with Crippen LogP contribution in [0.3, 0.4) is 0 Å². The predicted molar refractivity (Wildman–Crippen MR) is 77.9 cm³/mol. The van der Waals surface area contributed by atoms with Crippen LogP contribution in [0.5, 0.6) is 0 Å². The minimum absolute atomic E-state index is 0.414. The van der Waals surface area contributed by atoms with Gasteiger partial charge in [0, 0.05) is 16.2 Å². The van der Waals surface area contributed by atoms with Crippen molar-refractivity contribution in [1.29, 1.82) is 0 Å². The van der Waals surface area contributed by atoms with Crippen LogP contribution in [-0.4, -0.2) is 11.2 Å². The van der Waals surface area contributed by atoms with Crippen molar-refractivity contribution in [3.63, 3.8) is 0 Å². The number of anilines is 1. The number of halogens is 1. The maximum atomic E-state index is 5.23. The third-order valence-corrected chi connectivity index (χ3v) is 2.89. The number of rotatable bonds is 4. The summed E-state index contributed by atoms with van der Waals surface area (Å²) in [5.74, 6) is 0. The molecule has 16 heavy (non-hydrogen) atoms. The van der Waals surface area contributed by atoms with Crippen molar-refractivity contribution < 1.29 is 0 Å². The van der Waals surface area contributed by atoms with Gasteiger partial charge >= 0.3 is 0 Å². The van der Waals surface area contributed by atoms with Gasteiger partial charge in [0.1, 0.15) is 0 Å². The Bertz CT molecular complexity index is 355. The smallest absolute Gasteiger partial charge is 0.170 e. The van der Waals surface area contributed by atoms with Crippen LogP contribution in [0.1, 0.15) is 26.7 Å². The Labute approximate surface area is 111 Å². The van der Waals surface area contributed by atoms with Crippen molar-refractivity contribution in [2.75, 3.05) is 5.32 Å². The molecule has 0 spiro atoms. The monoisotopic (exact) mass is 300 g/mol. The van der Waals surface area contributed by atoms with Crippen LogP contribution in [0.15, 0.2) is 28.7 Å². The molecule has 0 saturated carbocycles. The van der Waals surface area contributed by atoms with Crippen LogP contribution in [0, 0.1) is 0 Å². The van der Waals surface area contributed by atoms with Crippen LogP contribution >= 0.6 is 28.1 Å². The molecule has 1 aromatic carbocycles. The quantitative estimate of drug-likeness (QED) is 0.824. The Hall–Kier alpha value is -0.610. The largest absolute Gasteiger partial charge is 0.360 e.